The third-order valence-electron chi connectivity index (χ3n) is 3.00. The van der Waals surface area contributed by atoms with Crippen LogP contribution in [0.4, 0.5) is 0 Å². The molecule has 0 aromatic heterocycles. The van der Waals surface area contributed by atoms with Crippen LogP contribution >= 0.6 is 15.9 Å². The van der Waals surface area contributed by atoms with E-state index in [1.54, 1.807) is 0 Å². The van der Waals surface area contributed by atoms with Gasteiger partial charge in [0.25, 0.3) is 0 Å². The van der Waals surface area contributed by atoms with Gasteiger partial charge in [-0.15, -0.1) is 0 Å². The summed E-state index contributed by atoms with van der Waals surface area (Å²) in [4.78, 5) is 0. The predicted octanol–water partition coefficient (Wildman–Crippen LogP) is 4.54. The SMILES string of the molecule is CNC(C)c1cc(Br)ccc1OC(C)CC(C)C. The summed E-state index contributed by atoms with van der Waals surface area (Å²) in [6, 6.07) is 6.48. The van der Waals surface area contributed by atoms with Gasteiger partial charge in [0.05, 0.1) is 6.10 Å². The van der Waals surface area contributed by atoms with Crippen molar-refractivity contribution in [3.8, 4) is 5.75 Å². The topological polar surface area (TPSA) is 21.3 Å². The number of hydrogen-bond acceptors (Lipinski definition) is 2. The average Bonchev–Trinajstić information content (AvgIpc) is 2.29. The Labute approximate surface area is 119 Å². The second-order valence-corrected chi connectivity index (χ2v) is 6.17. The molecule has 1 rings (SSSR count). The van der Waals surface area contributed by atoms with Crippen LogP contribution < -0.4 is 10.1 Å². The molecule has 1 aromatic carbocycles. The smallest absolute Gasteiger partial charge is 0.124 e. The summed E-state index contributed by atoms with van der Waals surface area (Å²) in [6.07, 6.45) is 1.32. The van der Waals surface area contributed by atoms with Gasteiger partial charge in [-0.25, -0.2) is 0 Å². The highest BCUT2D eigenvalue weighted by Crippen LogP contribution is 2.29. The Morgan fingerprint density at radius 3 is 2.44 bits per heavy atom. The molecule has 0 saturated heterocycles. The van der Waals surface area contributed by atoms with Crippen LogP contribution in [-0.2, 0) is 0 Å². The summed E-state index contributed by atoms with van der Waals surface area (Å²) in [5.74, 6) is 1.63. The van der Waals surface area contributed by atoms with Gasteiger partial charge < -0.3 is 10.1 Å². The molecule has 102 valence electrons. The Bertz CT molecular complexity index is 379. The van der Waals surface area contributed by atoms with Gasteiger partial charge in [-0.05, 0) is 51.4 Å². The molecular formula is C15H24BrNO. The number of nitrogens with one attached hydrogen (secondary N) is 1. The van der Waals surface area contributed by atoms with Crippen LogP contribution in [0, 0.1) is 5.92 Å². The summed E-state index contributed by atoms with van der Waals surface area (Å²) in [5, 5.41) is 3.26. The Morgan fingerprint density at radius 1 is 1.22 bits per heavy atom. The zero-order chi connectivity index (χ0) is 13.7. The standard InChI is InChI=1S/C15H24BrNO/c1-10(2)8-11(3)18-15-7-6-13(16)9-14(15)12(4)17-5/h6-7,9-12,17H,8H2,1-5H3. The van der Waals surface area contributed by atoms with E-state index < -0.39 is 0 Å². The number of benzene rings is 1. The van der Waals surface area contributed by atoms with Crippen LogP contribution in [0.1, 0.15) is 45.7 Å². The van der Waals surface area contributed by atoms with Crippen molar-refractivity contribution in [3.05, 3.63) is 28.2 Å². The van der Waals surface area contributed by atoms with E-state index in [-0.39, 0.29) is 12.1 Å². The van der Waals surface area contributed by atoms with Crippen molar-refractivity contribution in [2.24, 2.45) is 5.92 Å². The van der Waals surface area contributed by atoms with Gasteiger partial charge in [-0.1, -0.05) is 29.8 Å². The lowest BCUT2D eigenvalue weighted by molar-refractivity contribution is 0.190. The molecule has 0 aliphatic carbocycles. The molecule has 0 radical (unpaired) electrons. The first-order valence-corrected chi connectivity index (χ1v) is 7.36. The monoisotopic (exact) mass is 313 g/mol. The molecule has 0 amide bonds. The lowest BCUT2D eigenvalue weighted by Crippen LogP contribution is -2.18. The fourth-order valence-corrected chi connectivity index (χ4v) is 2.43. The van der Waals surface area contributed by atoms with Gasteiger partial charge in [0.15, 0.2) is 0 Å². The van der Waals surface area contributed by atoms with Crippen molar-refractivity contribution >= 4 is 15.9 Å². The molecule has 2 unspecified atom stereocenters. The first-order chi connectivity index (χ1) is 8.43. The minimum absolute atomic E-state index is 0.244. The van der Waals surface area contributed by atoms with Crippen molar-refractivity contribution in [2.75, 3.05) is 7.05 Å². The number of hydrogen-bond donors (Lipinski definition) is 1. The quantitative estimate of drug-likeness (QED) is 0.832. The Balaban J connectivity index is 2.87. The molecule has 1 N–H and O–H groups in total. The maximum Gasteiger partial charge on any atom is 0.124 e. The second kappa shape index (κ2) is 7.15. The third kappa shape index (κ3) is 4.62. The van der Waals surface area contributed by atoms with Crippen LogP contribution in [-0.4, -0.2) is 13.2 Å². The summed E-state index contributed by atoms with van der Waals surface area (Å²) in [5.41, 5.74) is 1.20. The Hall–Kier alpha value is -0.540. The van der Waals surface area contributed by atoms with Gasteiger partial charge in [0, 0.05) is 16.1 Å². The highest BCUT2D eigenvalue weighted by molar-refractivity contribution is 9.10. The average molecular weight is 314 g/mol. The van der Waals surface area contributed by atoms with E-state index in [1.807, 2.05) is 19.2 Å². The lowest BCUT2D eigenvalue weighted by atomic mass is 10.1. The maximum absolute atomic E-state index is 6.07. The lowest BCUT2D eigenvalue weighted by Gasteiger charge is -2.21. The third-order valence-corrected chi connectivity index (χ3v) is 3.50. The molecule has 0 bridgehead atoms. The van der Waals surface area contributed by atoms with Crippen LogP contribution in [0.3, 0.4) is 0 Å². The van der Waals surface area contributed by atoms with Gasteiger partial charge in [0.1, 0.15) is 5.75 Å². The molecule has 0 spiro atoms. The highest BCUT2D eigenvalue weighted by atomic mass is 79.9. The number of ether oxygens (including phenoxy) is 1. The molecule has 0 fully saturated rings. The minimum Gasteiger partial charge on any atom is -0.490 e. The van der Waals surface area contributed by atoms with Gasteiger partial charge in [-0.3, -0.25) is 0 Å². The zero-order valence-corrected chi connectivity index (χ0v) is 13.5. The minimum atomic E-state index is 0.244. The Kier molecular flexibility index (Phi) is 6.16. The first-order valence-electron chi connectivity index (χ1n) is 6.57. The van der Waals surface area contributed by atoms with Crippen molar-refractivity contribution in [1.82, 2.24) is 5.32 Å². The van der Waals surface area contributed by atoms with Gasteiger partial charge >= 0.3 is 0 Å². The van der Waals surface area contributed by atoms with Crippen LogP contribution in [0.5, 0.6) is 5.75 Å². The van der Waals surface area contributed by atoms with Gasteiger partial charge in [0.2, 0.25) is 0 Å². The van der Waals surface area contributed by atoms with Crippen molar-refractivity contribution in [1.29, 1.82) is 0 Å². The maximum atomic E-state index is 6.07. The van der Waals surface area contributed by atoms with Crippen LogP contribution in [0.25, 0.3) is 0 Å². The van der Waals surface area contributed by atoms with Gasteiger partial charge in [-0.2, -0.15) is 0 Å². The van der Waals surface area contributed by atoms with E-state index in [0.29, 0.717) is 5.92 Å². The molecule has 3 heteroatoms. The molecule has 0 aliphatic heterocycles. The van der Waals surface area contributed by atoms with Crippen LogP contribution in [0.15, 0.2) is 22.7 Å². The fraction of sp³-hybridized carbons (Fsp3) is 0.600. The normalized spacial score (nSPS) is 14.6. The number of halogens is 1. The molecule has 2 nitrogen and oxygen atoms in total. The molecule has 0 saturated carbocycles. The fourth-order valence-electron chi connectivity index (χ4n) is 2.05. The van der Waals surface area contributed by atoms with Crippen molar-refractivity contribution in [2.45, 2.75) is 46.3 Å². The first kappa shape index (κ1) is 15.5. The van der Waals surface area contributed by atoms with Crippen molar-refractivity contribution in [3.63, 3.8) is 0 Å². The summed E-state index contributed by atoms with van der Waals surface area (Å²) >= 11 is 3.52. The van der Waals surface area contributed by atoms with E-state index in [4.69, 9.17) is 4.74 Å². The molecule has 0 heterocycles. The molecule has 2 atom stereocenters. The summed E-state index contributed by atoms with van der Waals surface area (Å²) in [6.45, 7) is 8.72. The van der Waals surface area contributed by atoms with E-state index in [1.165, 1.54) is 5.56 Å². The largest absolute Gasteiger partial charge is 0.490 e. The number of rotatable bonds is 6. The highest BCUT2D eigenvalue weighted by Gasteiger charge is 2.14. The zero-order valence-electron chi connectivity index (χ0n) is 12.0. The van der Waals surface area contributed by atoms with Crippen LogP contribution in [0.2, 0.25) is 0 Å². The molecule has 18 heavy (non-hydrogen) atoms. The summed E-state index contributed by atoms with van der Waals surface area (Å²) in [7, 11) is 1.97. The second-order valence-electron chi connectivity index (χ2n) is 5.25. The van der Waals surface area contributed by atoms with E-state index in [0.717, 1.165) is 16.6 Å². The Morgan fingerprint density at radius 2 is 1.89 bits per heavy atom. The predicted molar refractivity (Wildman–Crippen MR) is 81.2 cm³/mol. The molecular weight excluding hydrogens is 290 g/mol. The van der Waals surface area contributed by atoms with Crippen molar-refractivity contribution < 1.29 is 4.74 Å². The summed E-state index contributed by atoms with van der Waals surface area (Å²) < 4.78 is 7.16. The molecule has 0 aliphatic rings. The van der Waals surface area contributed by atoms with E-state index in [2.05, 4.69) is 55.0 Å². The van der Waals surface area contributed by atoms with E-state index >= 15 is 0 Å². The van der Waals surface area contributed by atoms with E-state index in [9.17, 15) is 0 Å². The molecule has 1 aromatic rings.